The van der Waals surface area contributed by atoms with Crippen molar-refractivity contribution < 1.29 is 4.74 Å². The van der Waals surface area contributed by atoms with E-state index in [1.165, 1.54) is 11.1 Å². The highest BCUT2D eigenvalue weighted by atomic mass is 16.5. The Kier molecular flexibility index (Phi) is 4.97. The molecule has 0 spiro atoms. The molecule has 0 aliphatic carbocycles. The second-order valence-corrected chi connectivity index (χ2v) is 4.49. The third-order valence-corrected chi connectivity index (χ3v) is 3.32. The Bertz CT molecular complexity index is 318. The van der Waals surface area contributed by atoms with Crippen molar-refractivity contribution in [2.45, 2.75) is 45.8 Å². The lowest BCUT2D eigenvalue weighted by molar-refractivity contribution is 0.0693. The lowest BCUT2D eigenvalue weighted by Gasteiger charge is -2.26. The molecular weight excluding hydrogens is 198 g/mol. The van der Waals surface area contributed by atoms with E-state index in [0.29, 0.717) is 13.2 Å². The normalized spacial score (nSPS) is 11.8. The first-order chi connectivity index (χ1) is 7.61. The molecule has 1 rings (SSSR count). The minimum atomic E-state index is -0.164. The maximum absolute atomic E-state index is 6.17. The van der Waals surface area contributed by atoms with Crippen molar-refractivity contribution in [1.82, 2.24) is 0 Å². The standard InChI is InChI=1S/C14H23NO/c1-4-14(15,5-2)11-16-10-13-9-7-6-8-12(13)3/h6-9H,4-5,10-11,15H2,1-3H3. The molecule has 0 aliphatic heterocycles. The van der Waals surface area contributed by atoms with Gasteiger partial charge in [0.25, 0.3) is 0 Å². The Morgan fingerprint density at radius 1 is 1.19 bits per heavy atom. The fourth-order valence-corrected chi connectivity index (χ4v) is 1.59. The highest BCUT2D eigenvalue weighted by Gasteiger charge is 2.20. The molecule has 16 heavy (non-hydrogen) atoms. The van der Waals surface area contributed by atoms with E-state index in [4.69, 9.17) is 10.5 Å². The second kappa shape index (κ2) is 6.02. The summed E-state index contributed by atoms with van der Waals surface area (Å²) in [4.78, 5) is 0. The van der Waals surface area contributed by atoms with Gasteiger partial charge >= 0.3 is 0 Å². The number of rotatable bonds is 6. The van der Waals surface area contributed by atoms with Gasteiger partial charge < -0.3 is 10.5 Å². The molecule has 90 valence electrons. The minimum Gasteiger partial charge on any atom is -0.375 e. The second-order valence-electron chi connectivity index (χ2n) is 4.49. The summed E-state index contributed by atoms with van der Waals surface area (Å²) in [5.41, 5.74) is 8.53. The summed E-state index contributed by atoms with van der Waals surface area (Å²) in [5, 5.41) is 0. The minimum absolute atomic E-state index is 0.164. The summed E-state index contributed by atoms with van der Waals surface area (Å²) in [6, 6.07) is 8.30. The summed E-state index contributed by atoms with van der Waals surface area (Å²) in [7, 11) is 0. The monoisotopic (exact) mass is 221 g/mol. The lowest BCUT2D eigenvalue weighted by atomic mass is 9.96. The number of ether oxygens (including phenoxy) is 1. The average molecular weight is 221 g/mol. The number of hydrogen-bond acceptors (Lipinski definition) is 2. The summed E-state index contributed by atoms with van der Waals surface area (Å²) >= 11 is 0. The topological polar surface area (TPSA) is 35.2 Å². The van der Waals surface area contributed by atoms with E-state index >= 15 is 0 Å². The number of nitrogens with two attached hydrogens (primary N) is 1. The zero-order valence-electron chi connectivity index (χ0n) is 10.6. The van der Waals surface area contributed by atoms with Crippen LogP contribution in [0.15, 0.2) is 24.3 Å². The van der Waals surface area contributed by atoms with Gasteiger partial charge in [-0.3, -0.25) is 0 Å². The third-order valence-electron chi connectivity index (χ3n) is 3.32. The van der Waals surface area contributed by atoms with E-state index in [1.54, 1.807) is 0 Å². The fourth-order valence-electron chi connectivity index (χ4n) is 1.59. The van der Waals surface area contributed by atoms with Crippen LogP contribution >= 0.6 is 0 Å². The highest BCUT2D eigenvalue weighted by molar-refractivity contribution is 5.24. The quantitative estimate of drug-likeness (QED) is 0.801. The van der Waals surface area contributed by atoms with Crippen LogP contribution in [-0.2, 0) is 11.3 Å². The first-order valence-electron chi connectivity index (χ1n) is 6.02. The number of aryl methyl sites for hydroxylation is 1. The van der Waals surface area contributed by atoms with Gasteiger partial charge in [-0.25, -0.2) is 0 Å². The summed E-state index contributed by atoms with van der Waals surface area (Å²) < 4.78 is 5.72. The molecule has 2 nitrogen and oxygen atoms in total. The molecule has 1 aromatic carbocycles. The van der Waals surface area contributed by atoms with Crippen molar-refractivity contribution in [3.63, 3.8) is 0 Å². The molecule has 0 aromatic heterocycles. The van der Waals surface area contributed by atoms with Crippen molar-refractivity contribution >= 4 is 0 Å². The third kappa shape index (κ3) is 3.62. The maximum atomic E-state index is 6.17. The highest BCUT2D eigenvalue weighted by Crippen LogP contribution is 2.14. The predicted octanol–water partition coefficient (Wildman–Crippen LogP) is 3.03. The van der Waals surface area contributed by atoms with Gasteiger partial charge in [0, 0.05) is 5.54 Å². The van der Waals surface area contributed by atoms with E-state index in [9.17, 15) is 0 Å². The van der Waals surface area contributed by atoms with E-state index in [0.717, 1.165) is 12.8 Å². The van der Waals surface area contributed by atoms with Crippen LogP contribution in [0.1, 0.15) is 37.8 Å². The van der Waals surface area contributed by atoms with Crippen LogP contribution < -0.4 is 5.73 Å². The molecule has 0 aliphatic rings. The molecule has 0 heterocycles. The zero-order chi connectivity index (χ0) is 12.0. The summed E-state index contributed by atoms with van der Waals surface area (Å²) in [6.45, 7) is 7.62. The van der Waals surface area contributed by atoms with E-state index in [1.807, 2.05) is 12.1 Å². The van der Waals surface area contributed by atoms with Crippen LogP contribution in [-0.4, -0.2) is 12.1 Å². The van der Waals surface area contributed by atoms with Crippen LogP contribution in [0.4, 0.5) is 0 Å². The Morgan fingerprint density at radius 3 is 2.38 bits per heavy atom. The van der Waals surface area contributed by atoms with Crippen molar-refractivity contribution in [2.75, 3.05) is 6.61 Å². The Hall–Kier alpha value is -0.860. The van der Waals surface area contributed by atoms with Crippen LogP contribution in [0, 0.1) is 6.92 Å². The Balaban J connectivity index is 2.44. The molecule has 2 heteroatoms. The van der Waals surface area contributed by atoms with E-state index in [2.05, 4.69) is 32.9 Å². The van der Waals surface area contributed by atoms with Crippen molar-refractivity contribution in [3.8, 4) is 0 Å². The van der Waals surface area contributed by atoms with Gasteiger partial charge in [-0.2, -0.15) is 0 Å². The molecule has 0 unspecified atom stereocenters. The molecule has 0 amide bonds. The molecule has 1 aromatic rings. The van der Waals surface area contributed by atoms with Gasteiger partial charge in [0.2, 0.25) is 0 Å². The fraction of sp³-hybridized carbons (Fsp3) is 0.571. The average Bonchev–Trinajstić information content (AvgIpc) is 2.31. The molecule has 0 atom stereocenters. The van der Waals surface area contributed by atoms with Crippen LogP contribution in [0.5, 0.6) is 0 Å². The summed E-state index contributed by atoms with van der Waals surface area (Å²) in [5.74, 6) is 0. The molecule has 0 bridgehead atoms. The Labute approximate surface area is 98.8 Å². The molecule has 0 saturated carbocycles. The molecule has 0 saturated heterocycles. The van der Waals surface area contributed by atoms with Crippen LogP contribution in [0.2, 0.25) is 0 Å². The molecule has 2 N–H and O–H groups in total. The van der Waals surface area contributed by atoms with Gasteiger partial charge in [-0.05, 0) is 30.9 Å². The maximum Gasteiger partial charge on any atom is 0.0720 e. The van der Waals surface area contributed by atoms with E-state index < -0.39 is 0 Å². The van der Waals surface area contributed by atoms with Gasteiger partial charge in [0.05, 0.1) is 13.2 Å². The van der Waals surface area contributed by atoms with Crippen molar-refractivity contribution in [3.05, 3.63) is 35.4 Å². The largest absolute Gasteiger partial charge is 0.375 e. The van der Waals surface area contributed by atoms with Gasteiger partial charge in [-0.15, -0.1) is 0 Å². The van der Waals surface area contributed by atoms with Crippen LogP contribution in [0.3, 0.4) is 0 Å². The molecular formula is C14H23NO. The van der Waals surface area contributed by atoms with Crippen LogP contribution in [0.25, 0.3) is 0 Å². The lowest BCUT2D eigenvalue weighted by Crippen LogP contribution is -2.43. The first kappa shape index (κ1) is 13.2. The zero-order valence-corrected chi connectivity index (χ0v) is 10.6. The van der Waals surface area contributed by atoms with E-state index in [-0.39, 0.29) is 5.54 Å². The van der Waals surface area contributed by atoms with Gasteiger partial charge in [0.15, 0.2) is 0 Å². The molecule has 0 fully saturated rings. The van der Waals surface area contributed by atoms with Crippen molar-refractivity contribution in [2.24, 2.45) is 5.73 Å². The predicted molar refractivity (Wildman–Crippen MR) is 68.3 cm³/mol. The van der Waals surface area contributed by atoms with Gasteiger partial charge in [0.1, 0.15) is 0 Å². The van der Waals surface area contributed by atoms with Crippen molar-refractivity contribution in [1.29, 1.82) is 0 Å². The number of benzene rings is 1. The first-order valence-corrected chi connectivity index (χ1v) is 6.02. The number of hydrogen-bond donors (Lipinski definition) is 1. The smallest absolute Gasteiger partial charge is 0.0720 e. The molecule has 0 radical (unpaired) electrons. The van der Waals surface area contributed by atoms with Gasteiger partial charge in [-0.1, -0.05) is 38.1 Å². The SMILES string of the molecule is CCC(N)(CC)COCc1ccccc1C. The summed E-state index contributed by atoms with van der Waals surface area (Å²) in [6.07, 6.45) is 1.91. The Morgan fingerprint density at radius 2 is 1.81 bits per heavy atom.